The zero-order chi connectivity index (χ0) is 12.1. The molecule has 2 N–H and O–H groups in total. The third-order valence-corrected chi connectivity index (χ3v) is 3.38. The first-order chi connectivity index (χ1) is 8.31. The van der Waals surface area contributed by atoms with Crippen LogP contribution in [0.2, 0.25) is 0 Å². The summed E-state index contributed by atoms with van der Waals surface area (Å²) in [5.41, 5.74) is 2.13. The third kappa shape index (κ3) is 3.53. The van der Waals surface area contributed by atoms with Crippen LogP contribution < -0.4 is 5.32 Å². The van der Waals surface area contributed by atoms with Crippen molar-refractivity contribution in [2.24, 2.45) is 5.92 Å². The Morgan fingerprint density at radius 3 is 2.47 bits per heavy atom. The molecule has 0 aromatic heterocycles. The molecule has 1 aromatic carbocycles. The largest absolute Gasteiger partial charge is 0.392 e. The first kappa shape index (κ1) is 12.6. The number of hydrogen-bond donors (Lipinski definition) is 2. The number of benzene rings is 1. The van der Waals surface area contributed by atoms with Crippen molar-refractivity contribution in [3.8, 4) is 0 Å². The van der Waals surface area contributed by atoms with E-state index < -0.39 is 0 Å². The van der Waals surface area contributed by atoms with Crippen LogP contribution in [-0.4, -0.2) is 24.8 Å². The lowest BCUT2D eigenvalue weighted by Crippen LogP contribution is -2.36. The highest BCUT2D eigenvalue weighted by atomic mass is 16.5. The number of hydrogen-bond acceptors (Lipinski definition) is 3. The van der Waals surface area contributed by atoms with E-state index in [2.05, 4.69) is 5.32 Å². The first-order valence-electron chi connectivity index (χ1n) is 6.26. The molecule has 0 unspecified atom stereocenters. The van der Waals surface area contributed by atoms with E-state index in [4.69, 9.17) is 9.84 Å². The highest BCUT2D eigenvalue weighted by Gasteiger charge is 2.28. The van der Waals surface area contributed by atoms with Crippen LogP contribution in [0.15, 0.2) is 24.3 Å². The second-order valence-electron chi connectivity index (χ2n) is 4.80. The van der Waals surface area contributed by atoms with E-state index in [1.54, 1.807) is 0 Å². The molecule has 0 bridgehead atoms. The lowest BCUT2D eigenvalue weighted by molar-refractivity contribution is -0.0391. The molecule has 3 nitrogen and oxygen atoms in total. The van der Waals surface area contributed by atoms with Gasteiger partial charge in [0.1, 0.15) is 0 Å². The predicted octanol–water partition coefficient (Wildman–Crippen LogP) is 1.69. The molecule has 0 radical (unpaired) electrons. The van der Waals surface area contributed by atoms with Gasteiger partial charge >= 0.3 is 0 Å². The molecule has 2 rings (SSSR count). The molecule has 1 aliphatic rings. The summed E-state index contributed by atoms with van der Waals surface area (Å²) in [7, 11) is 2.00. The van der Waals surface area contributed by atoms with E-state index in [-0.39, 0.29) is 6.61 Å². The molecule has 3 heteroatoms. The van der Waals surface area contributed by atoms with Gasteiger partial charge in [-0.25, -0.2) is 0 Å². The van der Waals surface area contributed by atoms with Crippen molar-refractivity contribution in [3.63, 3.8) is 0 Å². The van der Waals surface area contributed by atoms with Crippen LogP contribution in [0, 0.1) is 5.92 Å². The van der Waals surface area contributed by atoms with Crippen LogP contribution in [0.1, 0.15) is 24.0 Å². The minimum absolute atomic E-state index is 0.107. The standard InChI is InChI=1S/C14H21NO2/c1-15-8-13-6-14(7-13)17-10-12-4-2-11(9-16)3-5-12/h2-5,13-16H,6-10H2,1H3. The molecule has 0 spiro atoms. The zero-order valence-corrected chi connectivity index (χ0v) is 10.4. The van der Waals surface area contributed by atoms with E-state index in [0.29, 0.717) is 12.7 Å². The Morgan fingerprint density at radius 1 is 1.24 bits per heavy atom. The topological polar surface area (TPSA) is 41.5 Å². The molecule has 1 aliphatic carbocycles. The molecule has 0 aliphatic heterocycles. The van der Waals surface area contributed by atoms with Crippen molar-refractivity contribution in [2.75, 3.05) is 13.6 Å². The van der Waals surface area contributed by atoms with Gasteiger partial charge in [0, 0.05) is 0 Å². The maximum absolute atomic E-state index is 8.94. The van der Waals surface area contributed by atoms with Crippen molar-refractivity contribution >= 4 is 0 Å². The summed E-state index contributed by atoms with van der Waals surface area (Å²) < 4.78 is 5.82. The summed E-state index contributed by atoms with van der Waals surface area (Å²) in [5.74, 6) is 0.793. The van der Waals surface area contributed by atoms with Crippen LogP contribution in [0.4, 0.5) is 0 Å². The molecule has 94 valence electrons. The highest BCUT2D eigenvalue weighted by Crippen LogP contribution is 2.30. The quantitative estimate of drug-likeness (QED) is 0.788. The minimum Gasteiger partial charge on any atom is -0.392 e. The molecular formula is C14H21NO2. The molecule has 0 atom stereocenters. The molecule has 1 saturated carbocycles. The molecule has 1 aromatic rings. The molecule has 0 saturated heterocycles. The third-order valence-electron chi connectivity index (χ3n) is 3.38. The highest BCUT2D eigenvalue weighted by molar-refractivity contribution is 5.21. The summed E-state index contributed by atoms with van der Waals surface area (Å²) in [4.78, 5) is 0. The van der Waals surface area contributed by atoms with Gasteiger partial charge in [-0.2, -0.15) is 0 Å². The van der Waals surface area contributed by atoms with Crippen LogP contribution in [0.3, 0.4) is 0 Å². The number of ether oxygens (including phenoxy) is 1. The zero-order valence-electron chi connectivity index (χ0n) is 10.4. The normalized spacial score (nSPS) is 23.4. The molecule has 0 amide bonds. The van der Waals surface area contributed by atoms with Crippen LogP contribution in [-0.2, 0) is 18.0 Å². The van der Waals surface area contributed by atoms with Gasteiger partial charge in [0.25, 0.3) is 0 Å². The van der Waals surface area contributed by atoms with Crippen LogP contribution in [0.25, 0.3) is 0 Å². The van der Waals surface area contributed by atoms with Gasteiger partial charge in [-0.05, 0) is 43.5 Å². The summed E-state index contributed by atoms with van der Waals surface area (Å²) in [6.07, 6.45) is 2.79. The van der Waals surface area contributed by atoms with E-state index in [0.717, 1.165) is 18.0 Å². The van der Waals surface area contributed by atoms with E-state index in [1.807, 2.05) is 31.3 Å². The predicted molar refractivity (Wildman–Crippen MR) is 67.6 cm³/mol. The van der Waals surface area contributed by atoms with Crippen molar-refractivity contribution in [3.05, 3.63) is 35.4 Å². The molecule has 17 heavy (non-hydrogen) atoms. The van der Waals surface area contributed by atoms with Gasteiger partial charge in [-0.15, -0.1) is 0 Å². The van der Waals surface area contributed by atoms with Gasteiger partial charge in [0.15, 0.2) is 0 Å². The maximum Gasteiger partial charge on any atom is 0.0720 e. The summed E-state index contributed by atoms with van der Waals surface area (Å²) in [6, 6.07) is 7.94. The van der Waals surface area contributed by atoms with Crippen molar-refractivity contribution in [1.82, 2.24) is 5.32 Å². The Balaban J connectivity index is 1.68. The van der Waals surface area contributed by atoms with Crippen LogP contribution in [0.5, 0.6) is 0 Å². The average Bonchev–Trinajstić information content (AvgIpc) is 2.32. The fraction of sp³-hybridized carbons (Fsp3) is 0.571. The molecule has 0 heterocycles. The number of rotatable bonds is 6. The second kappa shape index (κ2) is 6.15. The number of aliphatic hydroxyl groups excluding tert-OH is 1. The molecular weight excluding hydrogens is 214 g/mol. The smallest absolute Gasteiger partial charge is 0.0720 e. The van der Waals surface area contributed by atoms with E-state index in [1.165, 1.54) is 18.4 Å². The fourth-order valence-corrected chi connectivity index (χ4v) is 2.22. The summed E-state index contributed by atoms with van der Waals surface area (Å²) >= 11 is 0. The van der Waals surface area contributed by atoms with Gasteiger partial charge in [0.05, 0.1) is 19.3 Å². The summed E-state index contributed by atoms with van der Waals surface area (Å²) in [5, 5.41) is 12.1. The Kier molecular flexibility index (Phi) is 4.54. The van der Waals surface area contributed by atoms with Crippen molar-refractivity contribution < 1.29 is 9.84 Å². The Bertz CT molecular complexity index is 331. The average molecular weight is 235 g/mol. The minimum atomic E-state index is 0.107. The Labute approximate surface area is 103 Å². The van der Waals surface area contributed by atoms with Crippen molar-refractivity contribution in [1.29, 1.82) is 0 Å². The Morgan fingerprint density at radius 2 is 1.88 bits per heavy atom. The number of nitrogens with one attached hydrogen (secondary N) is 1. The lowest BCUT2D eigenvalue weighted by Gasteiger charge is -2.35. The monoisotopic (exact) mass is 235 g/mol. The van der Waals surface area contributed by atoms with Gasteiger partial charge in [-0.3, -0.25) is 0 Å². The van der Waals surface area contributed by atoms with Crippen molar-refractivity contribution in [2.45, 2.75) is 32.2 Å². The van der Waals surface area contributed by atoms with Gasteiger partial charge < -0.3 is 15.2 Å². The van der Waals surface area contributed by atoms with Crippen LogP contribution >= 0.6 is 0 Å². The number of aliphatic hydroxyl groups is 1. The SMILES string of the molecule is CNCC1CC(OCc2ccc(CO)cc2)C1. The molecule has 1 fully saturated rings. The fourth-order valence-electron chi connectivity index (χ4n) is 2.22. The second-order valence-corrected chi connectivity index (χ2v) is 4.80. The first-order valence-corrected chi connectivity index (χ1v) is 6.26. The Hall–Kier alpha value is -0.900. The van der Waals surface area contributed by atoms with Gasteiger partial charge in [-0.1, -0.05) is 24.3 Å². The maximum atomic E-state index is 8.94. The summed E-state index contributed by atoms with van der Waals surface area (Å²) in [6.45, 7) is 1.89. The van der Waals surface area contributed by atoms with E-state index >= 15 is 0 Å². The van der Waals surface area contributed by atoms with E-state index in [9.17, 15) is 0 Å². The lowest BCUT2D eigenvalue weighted by atomic mass is 9.82. The van der Waals surface area contributed by atoms with Gasteiger partial charge in [0.2, 0.25) is 0 Å².